The molecule has 0 bridgehead atoms. The Labute approximate surface area is 183 Å². The molecule has 0 aliphatic rings. The second-order valence-corrected chi connectivity index (χ2v) is 8.08. The smallest absolute Gasteiger partial charge is 0.224 e. The molecule has 0 radical (unpaired) electrons. The van der Waals surface area contributed by atoms with Crippen LogP contribution in [-0.4, -0.2) is 5.91 Å². The molecule has 1 amide bonds. The molecule has 4 nitrogen and oxygen atoms in total. The first-order valence-corrected chi connectivity index (χ1v) is 10.5. The van der Waals surface area contributed by atoms with Gasteiger partial charge in [0.2, 0.25) is 5.91 Å². The van der Waals surface area contributed by atoms with Crippen molar-refractivity contribution in [1.29, 1.82) is 0 Å². The van der Waals surface area contributed by atoms with Crippen LogP contribution in [0.1, 0.15) is 31.4 Å². The normalized spacial score (nSPS) is 10.7. The number of hydrogen-bond donors (Lipinski definition) is 2. The van der Waals surface area contributed by atoms with Crippen LogP contribution in [0.5, 0.6) is 5.75 Å². The topological polar surface area (TPSA) is 50.4 Å². The minimum atomic E-state index is 0.0375. The molecular formula is C25H27ClN2O2. The van der Waals surface area contributed by atoms with Crippen LogP contribution in [-0.2, 0) is 17.9 Å². The number of nitrogens with one attached hydrogen (secondary N) is 2. The summed E-state index contributed by atoms with van der Waals surface area (Å²) < 4.78 is 5.83. The third-order valence-electron chi connectivity index (χ3n) is 4.45. The lowest BCUT2D eigenvalue weighted by Crippen LogP contribution is -2.13. The van der Waals surface area contributed by atoms with Crippen molar-refractivity contribution in [2.75, 3.05) is 10.6 Å². The number of amides is 1. The van der Waals surface area contributed by atoms with Crippen LogP contribution in [0.4, 0.5) is 11.4 Å². The first-order valence-electron chi connectivity index (χ1n) is 10.1. The molecule has 0 saturated carbocycles. The standard InChI is InChI=1S/C25H27ClN2O2/c1-18(2)13-25(29)28-23-8-4-7-22(15-23)27-16-19-9-11-24(12-10-19)30-17-20-5-3-6-21(26)14-20/h3-12,14-15,18,27H,13,16-17H2,1-2H3,(H,28,29). The van der Waals surface area contributed by atoms with Crippen molar-refractivity contribution in [3.05, 3.63) is 88.9 Å². The molecule has 5 heteroatoms. The second kappa shape index (κ2) is 10.7. The first-order chi connectivity index (χ1) is 14.5. The zero-order chi connectivity index (χ0) is 21.3. The van der Waals surface area contributed by atoms with Gasteiger partial charge in [-0.2, -0.15) is 0 Å². The Kier molecular flexibility index (Phi) is 7.75. The summed E-state index contributed by atoms with van der Waals surface area (Å²) in [7, 11) is 0. The van der Waals surface area contributed by atoms with Crippen molar-refractivity contribution in [2.24, 2.45) is 5.92 Å². The number of anilines is 2. The van der Waals surface area contributed by atoms with Crippen molar-refractivity contribution >= 4 is 28.9 Å². The largest absolute Gasteiger partial charge is 0.489 e. The molecule has 3 aromatic carbocycles. The maximum absolute atomic E-state index is 12.0. The van der Waals surface area contributed by atoms with Crippen LogP contribution in [0.2, 0.25) is 5.02 Å². The molecule has 156 valence electrons. The van der Waals surface area contributed by atoms with Crippen LogP contribution in [0.25, 0.3) is 0 Å². The molecule has 0 saturated heterocycles. The molecule has 0 heterocycles. The van der Waals surface area contributed by atoms with Crippen molar-refractivity contribution in [3.63, 3.8) is 0 Å². The first kappa shape index (κ1) is 21.7. The molecule has 0 aromatic heterocycles. The highest BCUT2D eigenvalue weighted by Crippen LogP contribution is 2.19. The van der Waals surface area contributed by atoms with E-state index in [1.54, 1.807) is 0 Å². The molecule has 0 spiro atoms. The Bertz CT molecular complexity index is 971. The van der Waals surface area contributed by atoms with Crippen molar-refractivity contribution < 1.29 is 9.53 Å². The molecule has 3 rings (SSSR count). The highest BCUT2D eigenvalue weighted by molar-refractivity contribution is 6.30. The number of rotatable bonds is 9. The van der Waals surface area contributed by atoms with Crippen LogP contribution in [0.3, 0.4) is 0 Å². The average molecular weight is 423 g/mol. The summed E-state index contributed by atoms with van der Waals surface area (Å²) >= 11 is 6.00. The lowest BCUT2D eigenvalue weighted by molar-refractivity contribution is -0.116. The summed E-state index contributed by atoms with van der Waals surface area (Å²) in [4.78, 5) is 12.0. The minimum absolute atomic E-state index is 0.0375. The molecule has 0 unspecified atom stereocenters. The van der Waals surface area contributed by atoms with Gasteiger partial charge in [0.25, 0.3) is 0 Å². The van der Waals surface area contributed by atoms with Gasteiger partial charge < -0.3 is 15.4 Å². The van der Waals surface area contributed by atoms with Crippen molar-refractivity contribution in [2.45, 2.75) is 33.4 Å². The zero-order valence-electron chi connectivity index (χ0n) is 17.3. The highest BCUT2D eigenvalue weighted by atomic mass is 35.5. The summed E-state index contributed by atoms with van der Waals surface area (Å²) in [5.74, 6) is 1.19. The number of ether oxygens (including phenoxy) is 1. The van der Waals surface area contributed by atoms with Gasteiger partial charge in [0.15, 0.2) is 0 Å². The highest BCUT2D eigenvalue weighted by Gasteiger charge is 2.06. The van der Waals surface area contributed by atoms with Gasteiger partial charge in [-0.3, -0.25) is 4.79 Å². The fourth-order valence-corrected chi connectivity index (χ4v) is 3.20. The third-order valence-corrected chi connectivity index (χ3v) is 4.69. The Hall–Kier alpha value is -2.98. The quantitative estimate of drug-likeness (QED) is 0.413. The van der Waals surface area contributed by atoms with E-state index < -0.39 is 0 Å². The number of hydrogen-bond acceptors (Lipinski definition) is 3. The van der Waals surface area contributed by atoms with E-state index in [0.717, 1.165) is 28.3 Å². The molecule has 2 N–H and O–H groups in total. The Morgan fingerprint density at radius 3 is 2.40 bits per heavy atom. The fourth-order valence-electron chi connectivity index (χ4n) is 2.99. The maximum atomic E-state index is 12.0. The van der Waals surface area contributed by atoms with E-state index in [2.05, 4.69) is 10.6 Å². The number of carbonyl (C=O) groups is 1. The van der Waals surface area contributed by atoms with Gasteiger partial charge in [0.05, 0.1) is 0 Å². The van der Waals surface area contributed by atoms with E-state index >= 15 is 0 Å². The Balaban J connectivity index is 1.50. The van der Waals surface area contributed by atoms with Gasteiger partial charge in [-0.05, 0) is 59.5 Å². The molecule has 3 aromatic rings. The lowest BCUT2D eigenvalue weighted by atomic mass is 10.1. The molecule has 0 aliphatic carbocycles. The van der Waals surface area contributed by atoms with E-state index in [1.807, 2.05) is 86.6 Å². The summed E-state index contributed by atoms with van der Waals surface area (Å²) in [6.45, 7) is 5.22. The van der Waals surface area contributed by atoms with E-state index in [1.165, 1.54) is 0 Å². The molecule has 0 atom stereocenters. The summed E-state index contributed by atoms with van der Waals surface area (Å²) in [5.41, 5.74) is 3.93. The average Bonchev–Trinajstić information content (AvgIpc) is 2.71. The van der Waals surface area contributed by atoms with Gasteiger partial charge in [0, 0.05) is 29.4 Å². The monoisotopic (exact) mass is 422 g/mol. The summed E-state index contributed by atoms with van der Waals surface area (Å²) in [6, 6.07) is 23.4. The van der Waals surface area contributed by atoms with Gasteiger partial charge in [0.1, 0.15) is 12.4 Å². The predicted molar refractivity (Wildman–Crippen MR) is 124 cm³/mol. The minimum Gasteiger partial charge on any atom is -0.489 e. The van der Waals surface area contributed by atoms with Crippen molar-refractivity contribution in [1.82, 2.24) is 0 Å². The van der Waals surface area contributed by atoms with Crippen LogP contribution < -0.4 is 15.4 Å². The van der Waals surface area contributed by atoms with Crippen LogP contribution in [0, 0.1) is 5.92 Å². The number of benzene rings is 3. The Morgan fingerprint density at radius 1 is 0.933 bits per heavy atom. The second-order valence-electron chi connectivity index (χ2n) is 7.64. The third kappa shape index (κ3) is 7.12. The number of halogens is 1. The molecule has 30 heavy (non-hydrogen) atoms. The van der Waals surface area contributed by atoms with Crippen LogP contribution >= 0.6 is 11.6 Å². The predicted octanol–water partition coefficient (Wildman–Crippen LogP) is 6.52. The van der Waals surface area contributed by atoms with Gasteiger partial charge in [-0.15, -0.1) is 0 Å². The van der Waals surface area contributed by atoms with E-state index in [9.17, 15) is 4.79 Å². The van der Waals surface area contributed by atoms with Crippen molar-refractivity contribution in [3.8, 4) is 5.75 Å². The Morgan fingerprint density at radius 2 is 1.67 bits per heavy atom. The zero-order valence-corrected chi connectivity index (χ0v) is 18.1. The lowest BCUT2D eigenvalue weighted by Gasteiger charge is -2.11. The molecular weight excluding hydrogens is 396 g/mol. The van der Waals surface area contributed by atoms with E-state index in [-0.39, 0.29) is 5.91 Å². The summed E-state index contributed by atoms with van der Waals surface area (Å²) in [5, 5.41) is 7.05. The maximum Gasteiger partial charge on any atom is 0.224 e. The van der Waals surface area contributed by atoms with Gasteiger partial charge in [-0.1, -0.05) is 55.8 Å². The SMILES string of the molecule is CC(C)CC(=O)Nc1cccc(NCc2ccc(OCc3cccc(Cl)c3)cc2)c1. The fraction of sp³-hybridized carbons (Fsp3) is 0.240. The summed E-state index contributed by atoms with van der Waals surface area (Å²) in [6.07, 6.45) is 0.517. The molecule has 0 fully saturated rings. The van der Waals surface area contributed by atoms with E-state index in [4.69, 9.17) is 16.3 Å². The van der Waals surface area contributed by atoms with Gasteiger partial charge in [-0.25, -0.2) is 0 Å². The van der Waals surface area contributed by atoms with E-state index in [0.29, 0.717) is 30.5 Å². The molecule has 0 aliphatic heterocycles. The van der Waals surface area contributed by atoms with Gasteiger partial charge >= 0.3 is 0 Å². The number of carbonyl (C=O) groups excluding carboxylic acids is 1. The van der Waals surface area contributed by atoms with Crippen LogP contribution in [0.15, 0.2) is 72.8 Å².